The normalized spacial score (nSPS) is 17.4. The molecule has 27 heavy (non-hydrogen) atoms. The lowest BCUT2D eigenvalue weighted by atomic mass is 10.1. The molecule has 0 N–H and O–H groups in total. The first-order valence-electron chi connectivity index (χ1n) is 8.52. The van der Waals surface area contributed by atoms with Crippen LogP contribution in [-0.4, -0.2) is 23.1 Å². The van der Waals surface area contributed by atoms with Crippen LogP contribution in [0.1, 0.15) is 26.9 Å². The van der Waals surface area contributed by atoms with Crippen LogP contribution in [0, 0.1) is 0 Å². The summed E-state index contributed by atoms with van der Waals surface area (Å²) in [5.41, 5.74) is 0.620. The van der Waals surface area contributed by atoms with Crippen molar-refractivity contribution in [1.82, 2.24) is 4.90 Å². The first-order chi connectivity index (χ1) is 12.9. The number of fused-ring (bicyclic) bond motifs is 1. The van der Waals surface area contributed by atoms with Gasteiger partial charge in [0.1, 0.15) is 5.37 Å². The van der Waals surface area contributed by atoms with E-state index in [4.69, 9.17) is 0 Å². The minimum Gasteiger partial charge on any atom is -0.322 e. The maximum atomic E-state index is 13.0. The Morgan fingerprint density at radius 2 is 1.67 bits per heavy atom. The van der Waals surface area contributed by atoms with E-state index in [2.05, 4.69) is 0 Å². The van der Waals surface area contributed by atoms with Crippen molar-refractivity contribution in [2.45, 2.75) is 11.6 Å². The van der Waals surface area contributed by atoms with Crippen molar-refractivity contribution in [2.24, 2.45) is 0 Å². The lowest BCUT2D eigenvalue weighted by Gasteiger charge is -2.24. The third-order valence-corrected chi connectivity index (χ3v) is 5.93. The van der Waals surface area contributed by atoms with Crippen molar-refractivity contribution in [3.05, 3.63) is 83.4 Å². The van der Waals surface area contributed by atoms with Crippen molar-refractivity contribution in [3.63, 3.8) is 0 Å². The van der Waals surface area contributed by atoms with Crippen molar-refractivity contribution in [1.29, 1.82) is 0 Å². The van der Waals surface area contributed by atoms with Gasteiger partial charge in [-0.05, 0) is 40.6 Å². The Morgan fingerprint density at radius 1 is 0.963 bits per heavy atom. The van der Waals surface area contributed by atoms with E-state index in [1.807, 2.05) is 36.4 Å². The standard InChI is InChI=1S/C21H16F3NOS/c22-21(23,24)18-9-7-15(8-10-18)20-25(11-12-27-20)19(26)17-6-5-14-3-1-2-4-16(14)13-17/h1-10,13,20H,11-12H2/t20-/m1/s1. The highest BCUT2D eigenvalue weighted by atomic mass is 32.2. The smallest absolute Gasteiger partial charge is 0.322 e. The lowest BCUT2D eigenvalue weighted by Crippen LogP contribution is -2.30. The van der Waals surface area contributed by atoms with Crippen LogP contribution in [0.15, 0.2) is 66.7 Å². The van der Waals surface area contributed by atoms with E-state index in [0.29, 0.717) is 17.7 Å². The van der Waals surface area contributed by atoms with Crippen molar-refractivity contribution >= 4 is 28.4 Å². The number of carbonyl (C=O) groups excluding carboxylic acids is 1. The molecule has 138 valence electrons. The molecular weight excluding hydrogens is 371 g/mol. The SMILES string of the molecule is O=C(c1ccc2ccccc2c1)N1CCS[C@@H]1c1ccc(C(F)(F)F)cc1. The van der Waals surface area contributed by atoms with E-state index >= 15 is 0 Å². The van der Waals surface area contributed by atoms with Gasteiger partial charge in [0.05, 0.1) is 5.56 Å². The van der Waals surface area contributed by atoms with Gasteiger partial charge in [0.25, 0.3) is 5.91 Å². The Kier molecular flexibility index (Phi) is 4.60. The van der Waals surface area contributed by atoms with E-state index in [0.717, 1.165) is 28.7 Å². The largest absolute Gasteiger partial charge is 0.416 e. The summed E-state index contributed by atoms with van der Waals surface area (Å²) >= 11 is 1.57. The maximum Gasteiger partial charge on any atom is 0.416 e. The highest BCUT2D eigenvalue weighted by Gasteiger charge is 2.33. The molecule has 0 bridgehead atoms. The lowest BCUT2D eigenvalue weighted by molar-refractivity contribution is -0.137. The van der Waals surface area contributed by atoms with Crippen LogP contribution in [-0.2, 0) is 6.18 Å². The second-order valence-electron chi connectivity index (χ2n) is 6.40. The highest BCUT2D eigenvalue weighted by molar-refractivity contribution is 7.99. The minimum absolute atomic E-state index is 0.101. The van der Waals surface area contributed by atoms with E-state index in [-0.39, 0.29) is 11.3 Å². The molecule has 0 unspecified atom stereocenters. The van der Waals surface area contributed by atoms with Crippen LogP contribution in [0.3, 0.4) is 0 Å². The van der Waals surface area contributed by atoms with Gasteiger partial charge in [-0.1, -0.05) is 42.5 Å². The van der Waals surface area contributed by atoms with Gasteiger partial charge in [-0.2, -0.15) is 13.2 Å². The number of hydrogen-bond donors (Lipinski definition) is 0. The predicted octanol–water partition coefficient (Wildman–Crippen LogP) is 5.75. The van der Waals surface area contributed by atoms with Crippen LogP contribution in [0.5, 0.6) is 0 Å². The van der Waals surface area contributed by atoms with Gasteiger partial charge < -0.3 is 4.90 Å². The zero-order chi connectivity index (χ0) is 19.0. The third-order valence-electron chi connectivity index (χ3n) is 4.67. The van der Waals surface area contributed by atoms with E-state index in [9.17, 15) is 18.0 Å². The number of halogens is 3. The molecule has 1 aliphatic rings. The summed E-state index contributed by atoms with van der Waals surface area (Å²) in [5, 5.41) is 1.77. The van der Waals surface area contributed by atoms with E-state index in [1.165, 1.54) is 12.1 Å². The van der Waals surface area contributed by atoms with E-state index < -0.39 is 11.7 Å². The first kappa shape index (κ1) is 17.9. The minimum atomic E-state index is -4.36. The quantitative estimate of drug-likeness (QED) is 0.558. The molecule has 3 aromatic rings. The average Bonchev–Trinajstić information content (AvgIpc) is 3.16. The molecule has 0 aliphatic carbocycles. The molecule has 0 aromatic heterocycles. The molecule has 1 amide bonds. The summed E-state index contributed by atoms with van der Waals surface area (Å²) in [7, 11) is 0. The summed E-state index contributed by atoms with van der Waals surface area (Å²) in [4.78, 5) is 14.8. The fourth-order valence-corrected chi connectivity index (χ4v) is 4.54. The van der Waals surface area contributed by atoms with Gasteiger partial charge in [-0.3, -0.25) is 4.79 Å². The zero-order valence-electron chi connectivity index (χ0n) is 14.2. The number of rotatable bonds is 2. The molecule has 0 spiro atoms. The number of nitrogens with zero attached hydrogens (tertiary/aromatic N) is 1. The third kappa shape index (κ3) is 3.54. The molecule has 2 nitrogen and oxygen atoms in total. The summed E-state index contributed by atoms with van der Waals surface area (Å²) in [6.07, 6.45) is -4.36. The Labute approximate surface area is 159 Å². The van der Waals surface area contributed by atoms with Gasteiger partial charge in [0.15, 0.2) is 0 Å². The number of carbonyl (C=O) groups is 1. The molecule has 3 aromatic carbocycles. The summed E-state index contributed by atoms with van der Waals surface area (Å²) < 4.78 is 38.3. The van der Waals surface area contributed by atoms with Crippen molar-refractivity contribution in [2.75, 3.05) is 12.3 Å². The van der Waals surface area contributed by atoms with Crippen LogP contribution in [0.2, 0.25) is 0 Å². The first-order valence-corrected chi connectivity index (χ1v) is 9.57. The second kappa shape index (κ2) is 6.93. The van der Waals surface area contributed by atoms with Crippen LogP contribution >= 0.6 is 11.8 Å². The Balaban J connectivity index is 1.61. The molecule has 0 saturated carbocycles. The Bertz CT molecular complexity index is 985. The van der Waals surface area contributed by atoms with Gasteiger partial charge in [0, 0.05) is 17.9 Å². The van der Waals surface area contributed by atoms with Crippen molar-refractivity contribution in [3.8, 4) is 0 Å². The Morgan fingerprint density at radius 3 is 2.37 bits per heavy atom. The molecule has 0 radical (unpaired) electrons. The topological polar surface area (TPSA) is 20.3 Å². The summed E-state index contributed by atoms with van der Waals surface area (Å²) in [5.74, 6) is 0.654. The number of amides is 1. The number of hydrogen-bond acceptors (Lipinski definition) is 2. The fourth-order valence-electron chi connectivity index (χ4n) is 3.28. The molecule has 1 fully saturated rings. The monoisotopic (exact) mass is 387 g/mol. The number of thioether (sulfide) groups is 1. The summed E-state index contributed by atoms with van der Waals surface area (Å²) in [6.45, 7) is 0.571. The van der Waals surface area contributed by atoms with Crippen molar-refractivity contribution < 1.29 is 18.0 Å². The molecule has 1 heterocycles. The molecule has 4 rings (SSSR count). The molecule has 1 saturated heterocycles. The van der Waals surface area contributed by atoms with Crippen LogP contribution in [0.4, 0.5) is 13.2 Å². The second-order valence-corrected chi connectivity index (χ2v) is 7.59. The fraction of sp³-hybridized carbons (Fsp3) is 0.190. The molecule has 6 heteroatoms. The van der Waals surface area contributed by atoms with E-state index in [1.54, 1.807) is 22.7 Å². The number of alkyl halides is 3. The van der Waals surface area contributed by atoms with Gasteiger partial charge >= 0.3 is 6.18 Å². The zero-order valence-corrected chi connectivity index (χ0v) is 15.1. The number of benzene rings is 3. The van der Waals surface area contributed by atoms with Gasteiger partial charge in [0.2, 0.25) is 0 Å². The average molecular weight is 387 g/mol. The Hall–Kier alpha value is -2.47. The van der Waals surface area contributed by atoms with Gasteiger partial charge in [-0.15, -0.1) is 11.8 Å². The molecule has 1 aliphatic heterocycles. The van der Waals surface area contributed by atoms with Crippen LogP contribution in [0.25, 0.3) is 10.8 Å². The highest BCUT2D eigenvalue weighted by Crippen LogP contribution is 2.40. The summed E-state index contributed by atoms with van der Waals surface area (Å²) in [6, 6.07) is 18.5. The molecule has 1 atom stereocenters. The molecular formula is C21H16F3NOS. The maximum absolute atomic E-state index is 13.0. The van der Waals surface area contributed by atoms with Gasteiger partial charge in [-0.25, -0.2) is 0 Å². The van der Waals surface area contributed by atoms with Crippen LogP contribution < -0.4 is 0 Å². The predicted molar refractivity (Wildman–Crippen MR) is 102 cm³/mol.